The van der Waals surface area contributed by atoms with Gasteiger partial charge in [0.25, 0.3) is 0 Å². The second-order valence-electron chi connectivity index (χ2n) is 7.65. The molecule has 0 spiro atoms. The molecule has 1 unspecified atom stereocenters. The molecule has 0 amide bonds. The minimum atomic E-state index is -0.276. The summed E-state index contributed by atoms with van der Waals surface area (Å²) in [6.07, 6.45) is 13.1. The van der Waals surface area contributed by atoms with Crippen LogP contribution >= 0.6 is 0 Å². The Kier molecular flexibility index (Phi) is 9.08. The number of aliphatic hydroxyl groups excluding tert-OH is 1. The molecule has 0 aliphatic carbocycles. The fourth-order valence-corrected chi connectivity index (χ4v) is 3.31. The molecule has 1 rings (SSSR count). The Morgan fingerprint density at radius 3 is 2.14 bits per heavy atom. The van der Waals surface area contributed by atoms with Gasteiger partial charge in [-0.05, 0) is 27.2 Å². The molecule has 1 heterocycles. The molecule has 0 radical (unpaired) electrons. The van der Waals surface area contributed by atoms with E-state index in [1.54, 1.807) is 0 Å². The molecule has 0 bridgehead atoms. The molecule has 1 atom stereocenters. The minimum Gasteiger partial charge on any atom is -0.392 e. The molecular weight excluding hydrogens is 272 g/mol. The maximum absolute atomic E-state index is 9.63. The number of hydrogen-bond acceptors (Lipinski definition) is 3. The first-order valence-electron chi connectivity index (χ1n) is 9.46. The van der Waals surface area contributed by atoms with Gasteiger partial charge in [0.15, 0.2) is 0 Å². The summed E-state index contributed by atoms with van der Waals surface area (Å²) in [5.74, 6) is 1.22. The molecule has 1 aliphatic rings. The second-order valence-corrected chi connectivity index (χ2v) is 7.65. The summed E-state index contributed by atoms with van der Waals surface area (Å²) in [5, 5.41) is 9.63. The molecule has 1 aliphatic heterocycles. The van der Waals surface area contributed by atoms with Gasteiger partial charge in [-0.25, -0.2) is 0 Å². The number of unbranched alkanes of at least 4 members (excludes halogenated alkanes) is 8. The SMILES string of the molecule is CCCCCCCCCCCC1=NC(C)(C)CN1CC(C)O. The zero-order valence-corrected chi connectivity index (χ0v) is 15.4. The molecule has 1 N–H and O–H groups in total. The van der Waals surface area contributed by atoms with E-state index in [-0.39, 0.29) is 11.6 Å². The lowest BCUT2D eigenvalue weighted by Gasteiger charge is -2.24. The average molecular weight is 311 g/mol. The number of hydrogen-bond donors (Lipinski definition) is 1. The second kappa shape index (κ2) is 10.3. The van der Waals surface area contributed by atoms with Crippen LogP contribution in [-0.2, 0) is 0 Å². The summed E-state index contributed by atoms with van der Waals surface area (Å²) in [7, 11) is 0. The van der Waals surface area contributed by atoms with Crippen LogP contribution in [0, 0.1) is 0 Å². The fourth-order valence-electron chi connectivity index (χ4n) is 3.31. The highest BCUT2D eigenvalue weighted by atomic mass is 16.3. The number of rotatable bonds is 12. The number of amidine groups is 1. The monoisotopic (exact) mass is 310 g/mol. The fraction of sp³-hybridized carbons (Fsp3) is 0.947. The Hall–Kier alpha value is -0.570. The van der Waals surface area contributed by atoms with Gasteiger partial charge in [-0.1, -0.05) is 58.3 Å². The minimum absolute atomic E-state index is 0.0174. The summed E-state index contributed by atoms with van der Waals surface area (Å²) >= 11 is 0. The first-order chi connectivity index (χ1) is 10.4. The van der Waals surface area contributed by atoms with E-state index in [9.17, 15) is 5.11 Å². The van der Waals surface area contributed by atoms with E-state index < -0.39 is 0 Å². The predicted molar refractivity (Wildman–Crippen MR) is 96.6 cm³/mol. The smallest absolute Gasteiger partial charge is 0.0998 e. The van der Waals surface area contributed by atoms with Crippen LogP contribution in [0.4, 0.5) is 0 Å². The van der Waals surface area contributed by atoms with Gasteiger partial charge >= 0.3 is 0 Å². The van der Waals surface area contributed by atoms with Crippen molar-refractivity contribution in [2.75, 3.05) is 13.1 Å². The van der Waals surface area contributed by atoms with Gasteiger partial charge in [0.05, 0.1) is 17.5 Å². The highest BCUT2D eigenvalue weighted by Gasteiger charge is 2.30. The number of β-amino-alcohol motifs (C(OH)–C–C–N with tert-alkyl or cyclic N) is 1. The third-order valence-corrected chi connectivity index (χ3v) is 4.36. The van der Waals surface area contributed by atoms with Crippen molar-refractivity contribution in [1.82, 2.24) is 4.90 Å². The van der Waals surface area contributed by atoms with Crippen molar-refractivity contribution in [3.05, 3.63) is 0 Å². The third kappa shape index (κ3) is 8.17. The van der Waals surface area contributed by atoms with Gasteiger partial charge in [-0.15, -0.1) is 0 Å². The Labute approximate surface area is 138 Å². The molecule has 0 aromatic rings. The van der Waals surface area contributed by atoms with Gasteiger partial charge in [0, 0.05) is 19.5 Å². The topological polar surface area (TPSA) is 35.8 Å². The Morgan fingerprint density at radius 2 is 1.59 bits per heavy atom. The average Bonchev–Trinajstić information content (AvgIpc) is 2.70. The maximum Gasteiger partial charge on any atom is 0.0998 e. The van der Waals surface area contributed by atoms with E-state index in [4.69, 9.17) is 4.99 Å². The molecule has 0 fully saturated rings. The lowest BCUT2D eigenvalue weighted by molar-refractivity contribution is 0.157. The first kappa shape index (κ1) is 19.5. The number of nitrogens with zero attached hydrogens (tertiary/aromatic N) is 2. The van der Waals surface area contributed by atoms with Crippen molar-refractivity contribution in [3.63, 3.8) is 0 Å². The molecular formula is C19H38N2O. The standard InChI is InChI=1S/C19H38N2O/c1-5-6-7-8-9-10-11-12-13-14-18-20-19(3,4)16-21(18)15-17(2)22/h17,22H,5-16H2,1-4H3. The first-order valence-corrected chi connectivity index (χ1v) is 9.46. The Bertz CT molecular complexity index is 323. The lowest BCUT2D eigenvalue weighted by Crippen LogP contribution is -2.37. The van der Waals surface area contributed by atoms with Gasteiger partial charge in [-0.3, -0.25) is 4.99 Å². The number of aliphatic hydroxyl groups is 1. The van der Waals surface area contributed by atoms with Gasteiger partial charge in [-0.2, -0.15) is 0 Å². The van der Waals surface area contributed by atoms with E-state index in [0.717, 1.165) is 19.5 Å². The van der Waals surface area contributed by atoms with Crippen LogP contribution in [0.15, 0.2) is 4.99 Å². The molecule has 0 saturated carbocycles. The molecule has 22 heavy (non-hydrogen) atoms. The van der Waals surface area contributed by atoms with Crippen LogP contribution in [0.5, 0.6) is 0 Å². The molecule has 0 aromatic carbocycles. The van der Waals surface area contributed by atoms with Crippen LogP contribution in [-0.4, -0.2) is 40.6 Å². The van der Waals surface area contributed by atoms with Crippen molar-refractivity contribution < 1.29 is 5.11 Å². The largest absolute Gasteiger partial charge is 0.392 e. The van der Waals surface area contributed by atoms with Crippen molar-refractivity contribution >= 4 is 5.84 Å². The van der Waals surface area contributed by atoms with E-state index >= 15 is 0 Å². The zero-order valence-electron chi connectivity index (χ0n) is 15.4. The summed E-state index contributed by atoms with van der Waals surface area (Å²) in [5.41, 5.74) is 0.0174. The third-order valence-electron chi connectivity index (χ3n) is 4.36. The molecule has 3 heteroatoms. The van der Waals surface area contributed by atoms with Gasteiger partial charge < -0.3 is 10.0 Å². The van der Waals surface area contributed by atoms with E-state index in [2.05, 4.69) is 25.7 Å². The van der Waals surface area contributed by atoms with E-state index in [1.165, 1.54) is 63.6 Å². The van der Waals surface area contributed by atoms with Crippen LogP contribution in [0.2, 0.25) is 0 Å². The highest BCUT2D eigenvalue weighted by Crippen LogP contribution is 2.23. The van der Waals surface area contributed by atoms with E-state index in [0.29, 0.717) is 0 Å². The molecule has 0 saturated heterocycles. The van der Waals surface area contributed by atoms with Crippen molar-refractivity contribution in [2.45, 2.75) is 104 Å². The summed E-state index contributed by atoms with van der Waals surface area (Å²) in [6.45, 7) is 10.2. The zero-order chi connectivity index (χ0) is 16.4. The Morgan fingerprint density at radius 1 is 1.05 bits per heavy atom. The Balaban J connectivity index is 2.14. The highest BCUT2D eigenvalue weighted by molar-refractivity contribution is 5.84. The van der Waals surface area contributed by atoms with Crippen molar-refractivity contribution in [3.8, 4) is 0 Å². The van der Waals surface area contributed by atoms with Gasteiger partial charge in [0.2, 0.25) is 0 Å². The van der Waals surface area contributed by atoms with Crippen LogP contribution in [0.25, 0.3) is 0 Å². The summed E-state index contributed by atoms with van der Waals surface area (Å²) < 4.78 is 0. The van der Waals surface area contributed by atoms with Crippen LogP contribution in [0.3, 0.4) is 0 Å². The molecule has 3 nitrogen and oxygen atoms in total. The summed E-state index contributed by atoms with van der Waals surface area (Å²) in [4.78, 5) is 7.14. The maximum atomic E-state index is 9.63. The van der Waals surface area contributed by atoms with Crippen LogP contribution in [0.1, 0.15) is 91.9 Å². The molecule has 0 aromatic heterocycles. The lowest BCUT2D eigenvalue weighted by atomic mass is 10.1. The normalized spacial score (nSPS) is 18.6. The van der Waals surface area contributed by atoms with Gasteiger partial charge in [0.1, 0.15) is 0 Å². The van der Waals surface area contributed by atoms with Crippen molar-refractivity contribution in [2.24, 2.45) is 4.99 Å². The van der Waals surface area contributed by atoms with E-state index in [1.807, 2.05) is 6.92 Å². The molecule has 130 valence electrons. The summed E-state index contributed by atoms with van der Waals surface area (Å²) in [6, 6.07) is 0. The predicted octanol–water partition coefficient (Wildman–Crippen LogP) is 4.78. The van der Waals surface area contributed by atoms with Crippen molar-refractivity contribution in [1.29, 1.82) is 0 Å². The number of aliphatic imine (C=N–C) groups is 1. The van der Waals surface area contributed by atoms with Crippen LogP contribution < -0.4 is 0 Å². The quantitative estimate of drug-likeness (QED) is 0.526.